The summed E-state index contributed by atoms with van der Waals surface area (Å²) in [5, 5.41) is 35.6. The quantitative estimate of drug-likeness (QED) is 0.0431. The second kappa shape index (κ2) is 23.3. The minimum Gasteiger partial charge on any atom is -0.356 e. The monoisotopic (exact) mass is 546 g/mol. The summed E-state index contributed by atoms with van der Waals surface area (Å²) < 4.78 is 0. The fourth-order valence-corrected chi connectivity index (χ4v) is 3.36. The number of carbonyl (C=O) groups is 5. The molecule has 14 nitrogen and oxygen atoms in total. The largest absolute Gasteiger partial charge is 0.356 e. The molecule has 0 aromatic heterocycles. The van der Waals surface area contributed by atoms with Crippen LogP contribution >= 0.6 is 0 Å². The SMILES string of the molecule is NCCCCCN(O)C(=O)CCC(=O)NCCCCCN(O)C(=O)CCC(=O)NCCCCCN(O)C=O. The first kappa shape index (κ1) is 35.2. The second-order valence-electron chi connectivity index (χ2n) is 8.97. The number of unbranched alkanes of at least 4 members (excludes halogenated alkanes) is 6. The van der Waals surface area contributed by atoms with Crippen LogP contribution in [0.2, 0.25) is 0 Å². The smallest absolute Gasteiger partial charge is 0.246 e. The molecular weight excluding hydrogens is 500 g/mol. The van der Waals surface area contributed by atoms with Gasteiger partial charge >= 0.3 is 0 Å². The van der Waals surface area contributed by atoms with Gasteiger partial charge < -0.3 is 16.4 Å². The van der Waals surface area contributed by atoms with Gasteiger partial charge in [-0.1, -0.05) is 6.42 Å². The first-order valence-electron chi connectivity index (χ1n) is 13.3. The molecule has 14 heteroatoms. The zero-order chi connectivity index (χ0) is 28.6. The molecule has 0 saturated carbocycles. The van der Waals surface area contributed by atoms with E-state index in [9.17, 15) is 34.4 Å². The number of carbonyl (C=O) groups excluding carboxylic acids is 5. The highest BCUT2D eigenvalue weighted by Gasteiger charge is 2.14. The Hall–Kier alpha value is -2.81. The topological polar surface area (TPSA) is 206 Å². The maximum atomic E-state index is 12.0. The van der Waals surface area contributed by atoms with Gasteiger partial charge in [0.1, 0.15) is 0 Å². The number of nitrogens with two attached hydrogens (primary N) is 1. The van der Waals surface area contributed by atoms with E-state index in [1.54, 1.807) is 0 Å². The van der Waals surface area contributed by atoms with Crippen molar-refractivity contribution in [3.05, 3.63) is 0 Å². The summed E-state index contributed by atoms with van der Waals surface area (Å²) in [5.41, 5.74) is 5.39. The van der Waals surface area contributed by atoms with Crippen LogP contribution in [0.15, 0.2) is 0 Å². The molecule has 0 atom stereocenters. The van der Waals surface area contributed by atoms with Gasteiger partial charge in [-0.15, -0.1) is 0 Å². The third-order valence-corrected chi connectivity index (χ3v) is 5.66. The van der Waals surface area contributed by atoms with E-state index in [0.717, 1.165) is 19.3 Å². The Balaban J connectivity index is 3.74. The van der Waals surface area contributed by atoms with E-state index in [0.29, 0.717) is 79.8 Å². The highest BCUT2D eigenvalue weighted by Crippen LogP contribution is 2.03. The Labute approximate surface area is 224 Å². The van der Waals surface area contributed by atoms with Crippen molar-refractivity contribution in [2.45, 2.75) is 83.5 Å². The predicted molar refractivity (Wildman–Crippen MR) is 137 cm³/mol. The Morgan fingerprint density at radius 3 is 1.45 bits per heavy atom. The molecule has 7 N–H and O–H groups in total. The Kier molecular flexibility index (Phi) is 21.6. The van der Waals surface area contributed by atoms with Crippen LogP contribution in [0, 0.1) is 0 Å². The first-order valence-corrected chi connectivity index (χ1v) is 13.3. The van der Waals surface area contributed by atoms with E-state index in [-0.39, 0.29) is 57.1 Å². The molecule has 0 rings (SSSR count). The van der Waals surface area contributed by atoms with Gasteiger partial charge in [0.2, 0.25) is 30.0 Å². The molecule has 0 spiro atoms. The number of amides is 5. The first-order chi connectivity index (χ1) is 18.2. The van der Waals surface area contributed by atoms with E-state index in [1.165, 1.54) is 0 Å². The number of hydrogen-bond donors (Lipinski definition) is 6. The van der Waals surface area contributed by atoms with Crippen LogP contribution in [-0.4, -0.2) is 100 Å². The lowest BCUT2D eigenvalue weighted by Gasteiger charge is -2.15. The van der Waals surface area contributed by atoms with Crippen molar-refractivity contribution >= 4 is 30.0 Å². The molecule has 0 heterocycles. The van der Waals surface area contributed by atoms with E-state index in [1.807, 2.05) is 0 Å². The van der Waals surface area contributed by atoms with Gasteiger partial charge in [-0.25, -0.2) is 15.2 Å². The molecule has 0 bridgehead atoms. The van der Waals surface area contributed by atoms with Crippen molar-refractivity contribution in [3.8, 4) is 0 Å². The minimum absolute atomic E-state index is 0.0188. The van der Waals surface area contributed by atoms with Crippen molar-refractivity contribution in [1.29, 1.82) is 0 Å². The summed E-state index contributed by atoms with van der Waals surface area (Å²) in [5.74, 6) is -1.63. The lowest BCUT2D eigenvalue weighted by Crippen LogP contribution is -2.31. The van der Waals surface area contributed by atoms with Gasteiger partial charge in [0.25, 0.3) is 0 Å². The average Bonchev–Trinajstić information content (AvgIpc) is 2.91. The van der Waals surface area contributed by atoms with Crippen LogP contribution in [-0.2, 0) is 24.0 Å². The van der Waals surface area contributed by atoms with Crippen molar-refractivity contribution in [1.82, 2.24) is 25.8 Å². The van der Waals surface area contributed by atoms with E-state index >= 15 is 0 Å². The van der Waals surface area contributed by atoms with Gasteiger partial charge in [-0.3, -0.25) is 39.6 Å². The third kappa shape index (κ3) is 20.3. The molecule has 0 aliphatic carbocycles. The van der Waals surface area contributed by atoms with E-state index < -0.39 is 11.8 Å². The Morgan fingerprint density at radius 1 is 0.605 bits per heavy atom. The van der Waals surface area contributed by atoms with Crippen LogP contribution in [0.4, 0.5) is 0 Å². The number of rotatable bonds is 24. The fraction of sp³-hybridized carbons (Fsp3) is 0.792. The molecule has 0 aliphatic heterocycles. The zero-order valence-electron chi connectivity index (χ0n) is 22.3. The van der Waals surface area contributed by atoms with Crippen molar-refractivity contribution < 1.29 is 39.6 Å². The van der Waals surface area contributed by atoms with Crippen molar-refractivity contribution in [2.75, 3.05) is 39.3 Å². The van der Waals surface area contributed by atoms with Crippen molar-refractivity contribution in [3.63, 3.8) is 0 Å². The zero-order valence-corrected chi connectivity index (χ0v) is 22.3. The molecule has 38 heavy (non-hydrogen) atoms. The number of nitrogens with one attached hydrogen (secondary N) is 2. The van der Waals surface area contributed by atoms with Gasteiger partial charge in [0, 0.05) is 58.4 Å². The second-order valence-corrected chi connectivity index (χ2v) is 8.97. The number of hydrogen-bond acceptors (Lipinski definition) is 9. The summed E-state index contributed by atoms with van der Waals surface area (Å²) in [4.78, 5) is 57.6. The van der Waals surface area contributed by atoms with Gasteiger partial charge in [-0.2, -0.15) is 0 Å². The summed E-state index contributed by atoms with van der Waals surface area (Å²) in [6, 6.07) is 0. The van der Waals surface area contributed by atoms with Crippen LogP contribution < -0.4 is 16.4 Å². The Morgan fingerprint density at radius 2 is 1.03 bits per heavy atom. The highest BCUT2D eigenvalue weighted by molar-refractivity contribution is 5.83. The molecule has 0 aromatic carbocycles. The van der Waals surface area contributed by atoms with Crippen LogP contribution in [0.1, 0.15) is 83.5 Å². The predicted octanol–water partition coefficient (Wildman–Crippen LogP) is 0.532. The van der Waals surface area contributed by atoms with Gasteiger partial charge in [0.05, 0.1) is 0 Å². The average molecular weight is 547 g/mol. The molecule has 0 radical (unpaired) electrons. The standard InChI is InChI=1S/C24H46N6O8/c25-14-4-1-8-18-29(37)23(34)12-10-22(33)27-16-6-3-9-19-30(38)24(35)13-11-21(32)26-15-5-2-7-17-28(36)20-31/h20,36-38H,1-19,25H2,(H,26,32)(H,27,33). The summed E-state index contributed by atoms with van der Waals surface area (Å²) >= 11 is 0. The lowest BCUT2D eigenvalue weighted by atomic mass is 10.2. The molecule has 0 aliphatic rings. The number of nitrogens with zero attached hydrogens (tertiary/aromatic N) is 3. The maximum Gasteiger partial charge on any atom is 0.246 e. The third-order valence-electron chi connectivity index (χ3n) is 5.66. The van der Waals surface area contributed by atoms with Crippen LogP contribution in [0.3, 0.4) is 0 Å². The summed E-state index contributed by atoms with van der Waals surface area (Å²) in [6.07, 6.45) is 6.17. The van der Waals surface area contributed by atoms with Crippen molar-refractivity contribution in [2.24, 2.45) is 5.73 Å². The molecule has 0 aromatic rings. The van der Waals surface area contributed by atoms with E-state index in [4.69, 9.17) is 10.9 Å². The molecule has 220 valence electrons. The normalized spacial score (nSPS) is 10.5. The minimum atomic E-state index is -0.549. The molecule has 0 fully saturated rings. The fourth-order valence-electron chi connectivity index (χ4n) is 3.36. The van der Waals surface area contributed by atoms with Gasteiger partial charge in [-0.05, 0) is 57.9 Å². The molecule has 5 amide bonds. The summed E-state index contributed by atoms with van der Waals surface area (Å²) in [6.45, 7) is 1.94. The highest BCUT2D eigenvalue weighted by atomic mass is 16.5. The van der Waals surface area contributed by atoms with Crippen LogP contribution in [0.25, 0.3) is 0 Å². The summed E-state index contributed by atoms with van der Waals surface area (Å²) in [7, 11) is 0. The molecule has 0 saturated heterocycles. The van der Waals surface area contributed by atoms with Gasteiger partial charge in [0.15, 0.2) is 0 Å². The molecular formula is C24H46N6O8. The van der Waals surface area contributed by atoms with E-state index in [2.05, 4.69) is 10.6 Å². The molecule has 0 unspecified atom stereocenters. The maximum absolute atomic E-state index is 12.0. The Bertz CT molecular complexity index is 697. The number of hydroxylamine groups is 6. The van der Waals surface area contributed by atoms with Crippen LogP contribution in [0.5, 0.6) is 0 Å². The lowest BCUT2D eigenvalue weighted by molar-refractivity contribution is -0.166.